The van der Waals surface area contributed by atoms with Gasteiger partial charge in [0.25, 0.3) is 0 Å². The molecular weight excluding hydrogens is 212 g/mol. The van der Waals surface area contributed by atoms with Crippen molar-refractivity contribution >= 4 is 0 Å². The Morgan fingerprint density at radius 1 is 0.923 bits per heavy atom. The van der Waals surface area contributed by atoms with Crippen LogP contribution < -0.4 is 0 Å². The minimum atomic E-state index is -5.67. The average Bonchev–Trinajstić information content (AvgIpc) is 1.83. The second kappa shape index (κ2) is 3.67. The minimum Gasteiger partial charge on any atom is -0.250 e. The van der Waals surface area contributed by atoms with Crippen LogP contribution in [-0.4, -0.2) is 25.2 Å². The summed E-state index contributed by atoms with van der Waals surface area (Å²) < 4.78 is 92.8. The van der Waals surface area contributed by atoms with Gasteiger partial charge in [-0.05, 0) is 0 Å². The van der Waals surface area contributed by atoms with Gasteiger partial charge >= 0.3 is 18.5 Å². The molecule has 13 heavy (non-hydrogen) atoms. The maximum Gasteiger partial charge on any atom is 0.400 e. The van der Waals surface area contributed by atoms with Crippen molar-refractivity contribution < 1.29 is 35.1 Å². The molecular formula is C5H4F8. The maximum absolute atomic E-state index is 12.0. The Kier molecular flexibility index (Phi) is 3.51. The van der Waals surface area contributed by atoms with Crippen LogP contribution in [0.5, 0.6) is 0 Å². The molecule has 8 heteroatoms. The Hall–Kier alpha value is -0.560. The van der Waals surface area contributed by atoms with Gasteiger partial charge in [0.05, 0.1) is 0 Å². The fourth-order valence-corrected chi connectivity index (χ4v) is 0.561. The van der Waals surface area contributed by atoms with Crippen LogP contribution in [0.1, 0.15) is 0 Å². The standard InChI is InChI=1S/C5H4F8/c6-1-2(5(11,12)13)4(9,10)3(7)8/h2-3H,1H2. The van der Waals surface area contributed by atoms with Crippen molar-refractivity contribution in [3.8, 4) is 0 Å². The van der Waals surface area contributed by atoms with E-state index in [4.69, 9.17) is 0 Å². The molecule has 0 aliphatic carbocycles. The Morgan fingerprint density at radius 3 is 1.38 bits per heavy atom. The third-order valence-corrected chi connectivity index (χ3v) is 1.30. The number of hydrogen-bond donors (Lipinski definition) is 0. The van der Waals surface area contributed by atoms with E-state index in [0.29, 0.717) is 0 Å². The summed E-state index contributed by atoms with van der Waals surface area (Å²) in [5.74, 6) is -9.33. The topological polar surface area (TPSA) is 0 Å². The zero-order valence-corrected chi connectivity index (χ0v) is 5.89. The highest BCUT2D eigenvalue weighted by molar-refractivity contribution is 4.84. The molecule has 0 bridgehead atoms. The molecule has 0 N–H and O–H groups in total. The van der Waals surface area contributed by atoms with Crippen molar-refractivity contribution in [2.45, 2.75) is 18.5 Å². The van der Waals surface area contributed by atoms with Gasteiger partial charge in [0, 0.05) is 0 Å². The van der Waals surface area contributed by atoms with Crippen LogP contribution in [0, 0.1) is 5.92 Å². The van der Waals surface area contributed by atoms with E-state index in [1.54, 1.807) is 0 Å². The summed E-state index contributed by atoms with van der Waals surface area (Å²) in [6, 6.07) is 0. The Morgan fingerprint density at radius 2 is 1.31 bits per heavy atom. The highest BCUT2D eigenvalue weighted by atomic mass is 19.4. The molecule has 80 valence electrons. The molecule has 0 heterocycles. The smallest absolute Gasteiger partial charge is 0.250 e. The van der Waals surface area contributed by atoms with Gasteiger partial charge in [-0.2, -0.15) is 22.0 Å². The first-order valence-electron chi connectivity index (χ1n) is 2.92. The fourth-order valence-electron chi connectivity index (χ4n) is 0.561. The normalized spacial score (nSPS) is 16.4. The van der Waals surface area contributed by atoms with Crippen LogP contribution in [0.3, 0.4) is 0 Å². The maximum atomic E-state index is 12.0. The summed E-state index contributed by atoms with van der Waals surface area (Å²) in [4.78, 5) is 0. The molecule has 0 aromatic heterocycles. The summed E-state index contributed by atoms with van der Waals surface area (Å²) in [7, 11) is 0. The Balaban J connectivity index is 4.77. The first-order chi connectivity index (χ1) is 5.64. The molecule has 1 unspecified atom stereocenters. The summed E-state index contributed by atoms with van der Waals surface area (Å²) in [6.45, 7) is -2.57. The Labute approximate surface area is 67.5 Å². The zero-order chi connectivity index (χ0) is 10.9. The van der Waals surface area contributed by atoms with Crippen LogP contribution in [0.15, 0.2) is 0 Å². The lowest BCUT2D eigenvalue weighted by Crippen LogP contribution is -2.45. The first kappa shape index (κ1) is 12.4. The Bertz CT molecular complexity index is 158. The minimum absolute atomic E-state index is 2.57. The van der Waals surface area contributed by atoms with E-state index >= 15 is 0 Å². The van der Waals surface area contributed by atoms with Crippen molar-refractivity contribution in [2.75, 3.05) is 6.67 Å². The second-order valence-electron chi connectivity index (χ2n) is 2.22. The SMILES string of the molecule is FCC(C(F)(F)F)C(F)(F)C(F)F. The van der Waals surface area contributed by atoms with Crippen molar-refractivity contribution in [3.05, 3.63) is 0 Å². The molecule has 0 saturated heterocycles. The third kappa shape index (κ3) is 2.70. The van der Waals surface area contributed by atoms with E-state index < -0.39 is 31.1 Å². The third-order valence-electron chi connectivity index (χ3n) is 1.30. The van der Waals surface area contributed by atoms with E-state index in [-0.39, 0.29) is 0 Å². The molecule has 1 atom stereocenters. The highest BCUT2D eigenvalue weighted by Gasteiger charge is 2.60. The van der Waals surface area contributed by atoms with Gasteiger partial charge < -0.3 is 0 Å². The molecule has 0 radical (unpaired) electrons. The number of alkyl halides is 8. The van der Waals surface area contributed by atoms with Crippen molar-refractivity contribution in [3.63, 3.8) is 0 Å². The van der Waals surface area contributed by atoms with Gasteiger partial charge in [-0.3, -0.25) is 4.39 Å². The molecule has 0 aromatic rings. The van der Waals surface area contributed by atoms with E-state index in [1.807, 2.05) is 0 Å². The van der Waals surface area contributed by atoms with Crippen LogP contribution >= 0.6 is 0 Å². The molecule has 0 aliphatic rings. The van der Waals surface area contributed by atoms with Crippen molar-refractivity contribution in [1.82, 2.24) is 0 Å². The lowest BCUT2D eigenvalue weighted by atomic mass is 10.0. The summed E-state index contributed by atoms with van der Waals surface area (Å²) >= 11 is 0. The summed E-state index contributed by atoms with van der Waals surface area (Å²) in [5.41, 5.74) is 0. The van der Waals surface area contributed by atoms with Gasteiger partial charge in [-0.15, -0.1) is 0 Å². The van der Waals surface area contributed by atoms with E-state index in [2.05, 4.69) is 0 Å². The number of rotatable bonds is 3. The lowest BCUT2D eigenvalue weighted by Gasteiger charge is -2.25. The van der Waals surface area contributed by atoms with Gasteiger partial charge in [0.1, 0.15) is 6.67 Å². The fraction of sp³-hybridized carbons (Fsp3) is 1.00. The average molecular weight is 216 g/mol. The molecule has 0 spiro atoms. The summed E-state index contributed by atoms with van der Waals surface area (Å²) in [5, 5.41) is 0. The van der Waals surface area contributed by atoms with E-state index in [1.165, 1.54) is 0 Å². The predicted molar refractivity (Wildman–Crippen MR) is 26.5 cm³/mol. The van der Waals surface area contributed by atoms with Crippen molar-refractivity contribution in [1.29, 1.82) is 0 Å². The van der Waals surface area contributed by atoms with Crippen molar-refractivity contribution in [2.24, 2.45) is 5.92 Å². The highest BCUT2D eigenvalue weighted by Crippen LogP contribution is 2.41. The van der Waals surface area contributed by atoms with Gasteiger partial charge in [-0.1, -0.05) is 0 Å². The monoisotopic (exact) mass is 216 g/mol. The molecule has 0 nitrogen and oxygen atoms in total. The van der Waals surface area contributed by atoms with Gasteiger partial charge in [0.15, 0.2) is 5.92 Å². The van der Waals surface area contributed by atoms with Gasteiger partial charge in [-0.25, -0.2) is 8.78 Å². The second-order valence-corrected chi connectivity index (χ2v) is 2.22. The first-order valence-corrected chi connectivity index (χ1v) is 2.92. The molecule has 0 aromatic carbocycles. The quantitative estimate of drug-likeness (QED) is 0.636. The molecule has 0 fully saturated rings. The molecule has 0 aliphatic heterocycles. The number of hydrogen-bond acceptors (Lipinski definition) is 0. The summed E-state index contributed by atoms with van der Waals surface area (Å²) in [6.07, 6.45) is -10.2. The molecule has 0 amide bonds. The van der Waals surface area contributed by atoms with Crippen LogP contribution in [0.4, 0.5) is 35.1 Å². The largest absolute Gasteiger partial charge is 0.400 e. The van der Waals surface area contributed by atoms with E-state index in [9.17, 15) is 35.1 Å². The van der Waals surface area contributed by atoms with Crippen LogP contribution in [0.25, 0.3) is 0 Å². The predicted octanol–water partition coefficient (Wildman–Crippen LogP) is 3.03. The zero-order valence-electron chi connectivity index (χ0n) is 5.89. The number of halogens is 8. The van der Waals surface area contributed by atoms with Gasteiger partial charge in [0.2, 0.25) is 0 Å². The van der Waals surface area contributed by atoms with Crippen LogP contribution in [0.2, 0.25) is 0 Å². The molecule has 0 saturated carbocycles. The van der Waals surface area contributed by atoms with E-state index in [0.717, 1.165) is 0 Å². The van der Waals surface area contributed by atoms with Crippen LogP contribution in [-0.2, 0) is 0 Å². The lowest BCUT2D eigenvalue weighted by molar-refractivity contribution is -0.274. The molecule has 0 rings (SSSR count).